The Kier molecular flexibility index (Phi) is 7.25. The third-order valence-corrected chi connectivity index (χ3v) is 3.29. The van der Waals surface area contributed by atoms with Crippen LogP contribution in [-0.4, -0.2) is 42.2 Å². The summed E-state index contributed by atoms with van der Waals surface area (Å²) >= 11 is 0. The van der Waals surface area contributed by atoms with E-state index < -0.39 is 35.6 Å². The van der Waals surface area contributed by atoms with Gasteiger partial charge in [-0.15, -0.1) is 13.2 Å². The number of alkyl halides is 3. The number of aliphatic hydroxyl groups is 1. The number of aliphatic hydroxyl groups excluding tert-OH is 1. The van der Waals surface area contributed by atoms with Crippen LogP contribution in [0.3, 0.4) is 0 Å². The molecule has 26 heavy (non-hydrogen) atoms. The Morgan fingerprint density at radius 1 is 1.31 bits per heavy atom. The SMILES string of the molecule is CC(C)(CC(C(=O)NCCO)c1cccc(OC(F)(F)F)c1)OC(N)=O. The lowest BCUT2D eigenvalue weighted by Crippen LogP contribution is -2.38. The van der Waals surface area contributed by atoms with Crippen molar-refractivity contribution in [2.24, 2.45) is 5.73 Å². The van der Waals surface area contributed by atoms with Crippen molar-refractivity contribution < 1.29 is 37.3 Å². The topological polar surface area (TPSA) is 111 Å². The number of hydrogen-bond donors (Lipinski definition) is 3. The molecular formula is C16H21F3N2O5. The van der Waals surface area contributed by atoms with Crippen LogP contribution in [0.2, 0.25) is 0 Å². The molecule has 0 bridgehead atoms. The van der Waals surface area contributed by atoms with Crippen molar-refractivity contribution in [1.82, 2.24) is 5.32 Å². The quantitative estimate of drug-likeness (QED) is 0.641. The minimum Gasteiger partial charge on any atom is -0.444 e. The summed E-state index contributed by atoms with van der Waals surface area (Å²) in [6.07, 6.45) is -5.97. The van der Waals surface area contributed by atoms with E-state index in [4.69, 9.17) is 15.6 Å². The first kappa shape index (κ1) is 21.6. The average Bonchev–Trinajstić information content (AvgIpc) is 2.47. The molecule has 0 saturated carbocycles. The van der Waals surface area contributed by atoms with Gasteiger partial charge in [0.15, 0.2) is 0 Å². The zero-order chi connectivity index (χ0) is 20.0. The van der Waals surface area contributed by atoms with Crippen LogP contribution in [0.5, 0.6) is 5.75 Å². The highest BCUT2D eigenvalue weighted by Gasteiger charge is 2.34. The molecule has 0 radical (unpaired) electrons. The maximum Gasteiger partial charge on any atom is 0.573 e. The first-order valence-electron chi connectivity index (χ1n) is 7.66. The number of halogens is 3. The second-order valence-corrected chi connectivity index (χ2v) is 6.07. The molecule has 146 valence electrons. The summed E-state index contributed by atoms with van der Waals surface area (Å²) in [5.74, 6) is -2.00. The van der Waals surface area contributed by atoms with E-state index in [0.29, 0.717) is 0 Å². The predicted octanol–water partition coefficient (Wildman–Crippen LogP) is 2.04. The van der Waals surface area contributed by atoms with Crippen LogP contribution >= 0.6 is 0 Å². The number of nitrogens with two attached hydrogens (primary N) is 1. The fourth-order valence-corrected chi connectivity index (χ4v) is 2.40. The van der Waals surface area contributed by atoms with E-state index in [-0.39, 0.29) is 25.1 Å². The molecule has 1 rings (SSSR count). The Bertz CT molecular complexity index is 635. The molecule has 1 aromatic carbocycles. The van der Waals surface area contributed by atoms with Crippen LogP contribution in [0.1, 0.15) is 31.7 Å². The molecule has 1 aromatic rings. The molecule has 7 nitrogen and oxygen atoms in total. The number of hydrogen-bond acceptors (Lipinski definition) is 5. The molecule has 1 atom stereocenters. The van der Waals surface area contributed by atoms with E-state index in [0.717, 1.165) is 12.1 Å². The summed E-state index contributed by atoms with van der Waals surface area (Å²) in [4.78, 5) is 23.4. The first-order chi connectivity index (χ1) is 11.9. The first-order valence-corrected chi connectivity index (χ1v) is 7.66. The number of primary amides is 1. The van der Waals surface area contributed by atoms with Crippen molar-refractivity contribution in [2.45, 2.75) is 38.1 Å². The number of amides is 2. The molecule has 0 heterocycles. The summed E-state index contributed by atoms with van der Waals surface area (Å²) in [6.45, 7) is 2.68. The van der Waals surface area contributed by atoms with Gasteiger partial charge in [0.1, 0.15) is 11.4 Å². The van der Waals surface area contributed by atoms with Gasteiger partial charge < -0.3 is 25.6 Å². The molecule has 0 aromatic heterocycles. The smallest absolute Gasteiger partial charge is 0.444 e. The summed E-state index contributed by atoms with van der Waals surface area (Å²) in [6, 6.07) is 4.94. The molecule has 0 saturated heterocycles. The molecule has 2 amide bonds. The normalized spacial score (nSPS) is 13.0. The van der Waals surface area contributed by atoms with Crippen molar-refractivity contribution in [3.05, 3.63) is 29.8 Å². The molecule has 0 aliphatic heterocycles. The average molecular weight is 378 g/mol. The highest BCUT2D eigenvalue weighted by atomic mass is 19.4. The number of carbonyl (C=O) groups is 2. The van der Waals surface area contributed by atoms with Gasteiger partial charge in [-0.1, -0.05) is 12.1 Å². The summed E-state index contributed by atoms with van der Waals surface area (Å²) in [7, 11) is 0. The van der Waals surface area contributed by atoms with Crippen LogP contribution in [0.15, 0.2) is 24.3 Å². The van der Waals surface area contributed by atoms with Gasteiger partial charge in [0.2, 0.25) is 5.91 Å². The zero-order valence-electron chi connectivity index (χ0n) is 14.3. The second kappa shape index (κ2) is 8.75. The Labute approximate surface area is 148 Å². The van der Waals surface area contributed by atoms with Crippen molar-refractivity contribution in [2.75, 3.05) is 13.2 Å². The van der Waals surface area contributed by atoms with E-state index in [1.165, 1.54) is 26.0 Å². The standard InChI is InChI=1S/C16H21F3N2O5/c1-15(2,26-14(20)24)9-12(13(23)21-6-7-22)10-4-3-5-11(8-10)25-16(17,18)19/h3-5,8,12,22H,6-7,9H2,1-2H3,(H2,20,24)(H,21,23). The summed E-state index contributed by atoms with van der Waals surface area (Å²) in [5.41, 5.74) is 4.07. The second-order valence-electron chi connectivity index (χ2n) is 6.07. The monoisotopic (exact) mass is 378 g/mol. The van der Waals surface area contributed by atoms with Gasteiger partial charge in [-0.25, -0.2) is 4.79 Å². The number of nitrogens with one attached hydrogen (secondary N) is 1. The lowest BCUT2D eigenvalue weighted by Gasteiger charge is -2.29. The third-order valence-electron chi connectivity index (χ3n) is 3.29. The van der Waals surface area contributed by atoms with Gasteiger partial charge in [0.05, 0.1) is 12.5 Å². The van der Waals surface area contributed by atoms with Crippen LogP contribution in [0, 0.1) is 0 Å². The maximum absolute atomic E-state index is 12.4. The molecule has 0 aliphatic rings. The van der Waals surface area contributed by atoms with E-state index in [2.05, 4.69) is 10.1 Å². The molecular weight excluding hydrogens is 357 g/mol. The predicted molar refractivity (Wildman–Crippen MR) is 85.3 cm³/mol. The highest BCUT2D eigenvalue weighted by molar-refractivity contribution is 5.84. The number of benzene rings is 1. The van der Waals surface area contributed by atoms with Gasteiger partial charge in [-0.2, -0.15) is 0 Å². The van der Waals surface area contributed by atoms with E-state index in [1.54, 1.807) is 0 Å². The lowest BCUT2D eigenvalue weighted by molar-refractivity contribution is -0.274. The summed E-state index contributed by atoms with van der Waals surface area (Å²) in [5, 5.41) is 11.3. The maximum atomic E-state index is 12.4. The molecule has 0 aliphatic carbocycles. The zero-order valence-corrected chi connectivity index (χ0v) is 14.3. The fraction of sp³-hybridized carbons (Fsp3) is 0.500. The number of ether oxygens (including phenoxy) is 2. The van der Waals surface area contributed by atoms with E-state index >= 15 is 0 Å². The molecule has 0 fully saturated rings. The van der Waals surface area contributed by atoms with Gasteiger partial charge >= 0.3 is 12.5 Å². The van der Waals surface area contributed by atoms with E-state index in [9.17, 15) is 22.8 Å². The van der Waals surface area contributed by atoms with Crippen LogP contribution < -0.4 is 15.8 Å². The largest absolute Gasteiger partial charge is 0.573 e. The Morgan fingerprint density at radius 3 is 2.50 bits per heavy atom. The highest BCUT2D eigenvalue weighted by Crippen LogP contribution is 2.32. The van der Waals surface area contributed by atoms with Crippen LogP contribution in [-0.2, 0) is 9.53 Å². The van der Waals surface area contributed by atoms with Crippen molar-refractivity contribution in [1.29, 1.82) is 0 Å². The van der Waals surface area contributed by atoms with Crippen molar-refractivity contribution in [3.63, 3.8) is 0 Å². The van der Waals surface area contributed by atoms with Crippen LogP contribution in [0.4, 0.5) is 18.0 Å². The van der Waals surface area contributed by atoms with Crippen molar-refractivity contribution >= 4 is 12.0 Å². The Morgan fingerprint density at radius 2 is 1.96 bits per heavy atom. The van der Waals surface area contributed by atoms with Crippen molar-refractivity contribution in [3.8, 4) is 5.75 Å². The minimum absolute atomic E-state index is 0.0365. The van der Waals surface area contributed by atoms with Gasteiger partial charge in [0, 0.05) is 13.0 Å². The summed E-state index contributed by atoms with van der Waals surface area (Å²) < 4.78 is 46.1. The Hall–Kier alpha value is -2.49. The Balaban J connectivity index is 3.13. The fourth-order valence-electron chi connectivity index (χ4n) is 2.40. The number of carbonyl (C=O) groups excluding carboxylic acids is 2. The van der Waals surface area contributed by atoms with Crippen LogP contribution in [0.25, 0.3) is 0 Å². The molecule has 1 unspecified atom stereocenters. The van der Waals surface area contributed by atoms with Gasteiger partial charge in [0.25, 0.3) is 0 Å². The minimum atomic E-state index is -4.87. The lowest BCUT2D eigenvalue weighted by atomic mass is 9.87. The molecule has 10 heteroatoms. The molecule has 0 spiro atoms. The number of rotatable bonds is 8. The van der Waals surface area contributed by atoms with E-state index in [1.807, 2.05) is 0 Å². The van der Waals surface area contributed by atoms with Gasteiger partial charge in [-0.3, -0.25) is 4.79 Å². The molecule has 4 N–H and O–H groups in total. The third kappa shape index (κ3) is 7.60. The van der Waals surface area contributed by atoms with Gasteiger partial charge in [-0.05, 0) is 31.5 Å².